The molecule has 2 aliphatic rings. The summed E-state index contributed by atoms with van der Waals surface area (Å²) in [5, 5.41) is 4.82. The Balaban J connectivity index is 1.59. The van der Waals surface area contributed by atoms with E-state index in [1.165, 1.54) is 54.3 Å². The van der Waals surface area contributed by atoms with Gasteiger partial charge in [0.1, 0.15) is 17.0 Å². The second-order valence-corrected chi connectivity index (χ2v) is 9.02. The zero-order valence-electron chi connectivity index (χ0n) is 16.6. The van der Waals surface area contributed by atoms with E-state index in [1.54, 1.807) is 17.7 Å². The molecule has 5 rings (SSSR count). The molecule has 0 saturated carbocycles. The number of fused-ring (bicyclic) bond motifs is 5. The monoisotopic (exact) mass is 396 g/mol. The van der Waals surface area contributed by atoms with Crippen molar-refractivity contribution in [3.63, 3.8) is 0 Å². The van der Waals surface area contributed by atoms with Gasteiger partial charge in [-0.3, -0.25) is 0 Å². The molecular formula is C22H28N4OS. The van der Waals surface area contributed by atoms with Crippen LogP contribution in [0.1, 0.15) is 62.3 Å². The smallest absolute Gasteiger partial charge is 0.147 e. The van der Waals surface area contributed by atoms with E-state index < -0.39 is 0 Å². The fourth-order valence-corrected chi connectivity index (χ4v) is 5.77. The highest BCUT2D eigenvalue weighted by Crippen LogP contribution is 2.41. The highest BCUT2D eigenvalue weighted by molar-refractivity contribution is 7.26. The van der Waals surface area contributed by atoms with Gasteiger partial charge in [-0.05, 0) is 62.5 Å². The molecule has 0 amide bonds. The van der Waals surface area contributed by atoms with Crippen molar-refractivity contribution in [2.24, 2.45) is 0 Å². The Morgan fingerprint density at radius 1 is 1.18 bits per heavy atom. The van der Waals surface area contributed by atoms with Gasteiger partial charge in [-0.1, -0.05) is 13.3 Å². The predicted molar refractivity (Wildman–Crippen MR) is 115 cm³/mol. The van der Waals surface area contributed by atoms with E-state index in [9.17, 15) is 0 Å². The number of ether oxygens (including phenoxy) is 1. The Morgan fingerprint density at radius 2 is 2.07 bits per heavy atom. The Hall–Kier alpha value is -1.79. The predicted octanol–water partition coefficient (Wildman–Crippen LogP) is 5.05. The number of hydrogen-bond donors (Lipinski definition) is 1. The first-order valence-electron chi connectivity index (χ1n) is 10.8. The number of hydrogen-bond acceptors (Lipinski definition) is 6. The summed E-state index contributed by atoms with van der Waals surface area (Å²) in [5.74, 6) is 0.933. The summed E-state index contributed by atoms with van der Waals surface area (Å²) in [6.45, 7) is 3.95. The number of rotatable bonds is 6. The van der Waals surface area contributed by atoms with Gasteiger partial charge in [0.25, 0.3) is 0 Å². The average molecular weight is 397 g/mol. The van der Waals surface area contributed by atoms with Gasteiger partial charge in [-0.2, -0.15) is 0 Å². The molecule has 1 atom stereocenters. The molecule has 0 aromatic carbocycles. The van der Waals surface area contributed by atoms with Crippen molar-refractivity contribution in [1.29, 1.82) is 0 Å². The highest BCUT2D eigenvalue weighted by atomic mass is 32.1. The minimum atomic E-state index is 0.297. The summed E-state index contributed by atoms with van der Waals surface area (Å²) in [6.07, 6.45) is 12.7. The van der Waals surface area contributed by atoms with Crippen molar-refractivity contribution in [2.75, 3.05) is 18.5 Å². The highest BCUT2D eigenvalue weighted by Gasteiger charge is 2.23. The molecule has 0 unspecified atom stereocenters. The van der Waals surface area contributed by atoms with Crippen LogP contribution < -0.4 is 5.32 Å². The zero-order chi connectivity index (χ0) is 18.9. The summed E-state index contributed by atoms with van der Waals surface area (Å²) in [7, 11) is 0. The third-order valence-corrected chi connectivity index (χ3v) is 7.18. The van der Waals surface area contributed by atoms with Crippen LogP contribution >= 0.6 is 11.3 Å². The number of aryl methyl sites for hydroxylation is 2. The summed E-state index contributed by atoms with van der Waals surface area (Å²) in [6, 6.07) is 0. The van der Waals surface area contributed by atoms with Gasteiger partial charge in [0.2, 0.25) is 0 Å². The summed E-state index contributed by atoms with van der Waals surface area (Å²) in [4.78, 5) is 15.5. The van der Waals surface area contributed by atoms with Gasteiger partial charge in [0.05, 0.1) is 16.3 Å². The maximum atomic E-state index is 5.76. The van der Waals surface area contributed by atoms with Gasteiger partial charge in [0, 0.05) is 24.2 Å². The standard InChI is InChI=1S/C22H28N4OS/c1-2-3-10-17-15-8-4-5-9-16(15)18-19-20(28-22(18)26-17)21(25-13-24-19)23-12-14-7-6-11-27-14/h13-14H,2-12H2,1H3,(H,23,24,25)/t14-/m0/s1. The molecule has 28 heavy (non-hydrogen) atoms. The molecule has 1 N–H and O–H groups in total. The van der Waals surface area contributed by atoms with Gasteiger partial charge in [-0.25, -0.2) is 15.0 Å². The van der Waals surface area contributed by atoms with Gasteiger partial charge in [0.15, 0.2) is 0 Å². The maximum Gasteiger partial charge on any atom is 0.147 e. The van der Waals surface area contributed by atoms with Crippen molar-refractivity contribution in [3.05, 3.63) is 23.1 Å². The van der Waals surface area contributed by atoms with Crippen LogP contribution in [-0.4, -0.2) is 34.2 Å². The zero-order valence-corrected chi connectivity index (χ0v) is 17.4. The SMILES string of the molecule is CCCCc1nc2sc3c(NC[C@@H]4CCCO4)ncnc3c2c2c1CCCC2. The van der Waals surface area contributed by atoms with Crippen LogP contribution in [0.3, 0.4) is 0 Å². The number of anilines is 1. The second-order valence-electron chi connectivity index (χ2n) is 8.02. The lowest BCUT2D eigenvalue weighted by Crippen LogP contribution is -2.18. The number of nitrogens with one attached hydrogen (secondary N) is 1. The van der Waals surface area contributed by atoms with E-state index in [0.717, 1.165) is 59.7 Å². The van der Waals surface area contributed by atoms with Gasteiger partial charge in [-0.15, -0.1) is 11.3 Å². The van der Waals surface area contributed by atoms with Crippen molar-refractivity contribution < 1.29 is 4.74 Å². The van der Waals surface area contributed by atoms with Crippen molar-refractivity contribution in [2.45, 2.75) is 70.8 Å². The number of nitrogens with zero attached hydrogens (tertiary/aromatic N) is 3. The number of aromatic nitrogens is 3. The van der Waals surface area contributed by atoms with E-state index in [0.29, 0.717) is 6.10 Å². The average Bonchev–Trinajstić information content (AvgIpc) is 3.38. The summed E-state index contributed by atoms with van der Waals surface area (Å²) in [5.41, 5.74) is 5.44. The Kier molecular flexibility index (Phi) is 5.16. The van der Waals surface area contributed by atoms with Crippen molar-refractivity contribution in [3.8, 4) is 0 Å². The van der Waals surface area contributed by atoms with Crippen LogP contribution in [0, 0.1) is 0 Å². The summed E-state index contributed by atoms with van der Waals surface area (Å²) >= 11 is 1.75. The van der Waals surface area contributed by atoms with E-state index in [1.807, 2.05) is 0 Å². The van der Waals surface area contributed by atoms with E-state index in [-0.39, 0.29) is 0 Å². The normalized spacial score (nSPS) is 19.4. The lowest BCUT2D eigenvalue weighted by molar-refractivity contribution is 0.120. The second kappa shape index (κ2) is 7.91. The molecule has 6 heteroatoms. The molecule has 3 aromatic rings. The number of pyridine rings is 1. The lowest BCUT2D eigenvalue weighted by Gasteiger charge is -2.20. The third-order valence-electron chi connectivity index (χ3n) is 6.10. The van der Waals surface area contributed by atoms with E-state index in [4.69, 9.17) is 14.7 Å². The molecule has 5 nitrogen and oxygen atoms in total. The molecule has 4 heterocycles. The first-order valence-corrected chi connectivity index (χ1v) is 11.6. The fraction of sp³-hybridized carbons (Fsp3) is 0.591. The number of thiophene rings is 1. The molecular weight excluding hydrogens is 368 g/mol. The molecule has 1 aliphatic heterocycles. The molecule has 1 fully saturated rings. The Morgan fingerprint density at radius 3 is 2.89 bits per heavy atom. The van der Waals surface area contributed by atoms with Crippen LogP contribution in [-0.2, 0) is 24.0 Å². The van der Waals surface area contributed by atoms with Crippen molar-refractivity contribution >= 4 is 37.6 Å². The van der Waals surface area contributed by atoms with E-state index >= 15 is 0 Å². The fourth-order valence-electron chi connectivity index (χ4n) is 4.63. The minimum absolute atomic E-state index is 0.297. The van der Waals surface area contributed by atoms with Crippen molar-refractivity contribution in [1.82, 2.24) is 15.0 Å². The largest absolute Gasteiger partial charge is 0.376 e. The number of unbranched alkanes of at least 4 members (excludes halogenated alkanes) is 1. The van der Waals surface area contributed by atoms with Crippen LogP contribution in [0.5, 0.6) is 0 Å². The molecule has 0 bridgehead atoms. The maximum absolute atomic E-state index is 5.76. The molecule has 1 saturated heterocycles. The minimum Gasteiger partial charge on any atom is -0.376 e. The first-order chi connectivity index (χ1) is 13.8. The Labute approximate surface area is 169 Å². The first kappa shape index (κ1) is 18.3. The molecule has 1 aliphatic carbocycles. The van der Waals surface area contributed by atoms with Crippen LogP contribution in [0.2, 0.25) is 0 Å². The third kappa shape index (κ3) is 3.26. The van der Waals surface area contributed by atoms with Gasteiger partial charge < -0.3 is 10.1 Å². The molecule has 0 spiro atoms. The Bertz CT molecular complexity index is 993. The molecule has 0 radical (unpaired) electrons. The quantitative estimate of drug-likeness (QED) is 0.632. The topological polar surface area (TPSA) is 59.9 Å². The summed E-state index contributed by atoms with van der Waals surface area (Å²) < 4.78 is 6.90. The van der Waals surface area contributed by atoms with Crippen LogP contribution in [0.15, 0.2) is 6.33 Å². The van der Waals surface area contributed by atoms with Crippen LogP contribution in [0.4, 0.5) is 5.82 Å². The van der Waals surface area contributed by atoms with Crippen LogP contribution in [0.25, 0.3) is 20.4 Å². The molecule has 148 valence electrons. The lowest BCUT2D eigenvalue weighted by atomic mass is 9.87. The van der Waals surface area contributed by atoms with E-state index in [2.05, 4.69) is 17.2 Å². The van der Waals surface area contributed by atoms with Gasteiger partial charge >= 0.3 is 0 Å². The molecule has 3 aromatic heterocycles.